The van der Waals surface area contributed by atoms with E-state index in [0.717, 1.165) is 11.3 Å². The van der Waals surface area contributed by atoms with Crippen molar-refractivity contribution in [3.05, 3.63) is 66.0 Å². The summed E-state index contributed by atoms with van der Waals surface area (Å²) in [6, 6.07) is 9.22. The number of nitrogens with zero attached hydrogens (tertiary/aromatic N) is 4. The Hall–Kier alpha value is -3.42. The van der Waals surface area contributed by atoms with Gasteiger partial charge in [0.25, 0.3) is 5.91 Å². The molecule has 0 aliphatic heterocycles. The summed E-state index contributed by atoms with van der Waals surface area (Å²) in [7, 11) is 1.69. The zero-order chi connectivity index (χ0) is 18.5. The maximum absolute atomic E-state index is 12.1. The van der Waals surface area contributed by atoms with Gasteiger partial charge >= 0.3 is 0 Å². The van der Waals surface area contributed by atoms with Crippen molar-refractivity contribution in [2.75, 3.05) is 11.9 Å². The summed E-state index contributed by atoms with van der Waals surface area (Å²) in [5, 5.41) is 9.50. The molecule has 0 bridgehead atoms. The number of carbonyl (C=O) groups excluding carboxylic acids is 2. The predicted molar refractivity (Wildman–Crippen MR) is 96.7 cm³/mol. The fraction of sp³-hybridized carbons (Fsp3) is 0.222. The Labute approximate surface area is 150 Å². The Morgan fingerprint density at radius 3 is 2.77 bits per heavy atom. The predicted octanol–water partition coefficient (Wildman–Crippen LogP) is 1.34. The van der Waals surface area contributed by atoms with E-state index in [2.05, 4.69) is 20.7 Å². The number of hydrogen-bond donors (Lipinski definition) is 2. The van der Waals surface area contributed by atoms with Crippen LogP contribution in [0.15, 0.2) is 49.1 Å². The van der Waals surface area contributed by atoms with Crippen LogP contribution < -0.4 is 10.6 Å². The van der Waals surface area contributed by atoms with E-state index < -0.39 is 0 Å². The third-order valence-electron chi connectivity index (χ3n) is 3.78. The Kier molecular flexibility index (Phi) is 5.12. The monoisotopic (exact) mass is 352 g/mol. The van der Waals surface area contributed by atoms with Crippen LogP contribution in [0.25, 0.3) is 0 Å². The van der Waals surface area contributed by atoms with E-state index in [1.54, 1.807) is 32.6 Å². The number of aryl methyl sites for hydroxylation is 2. The number of amides is 2. The van der Waals surface area contributed by atoms with Gasteiger partial charge in [0.1, 0.15) is 5.69 Å². The highest BCUT2D eigenvalue weighted by atomic mass is 16.2. The highest BCUT2D eigenvalue weighted by Gasteiger charge is 2.13. The molecule has 1 aromatic carbocycles. The Morgan fingerprint density at radius 1 is 1.23 bits per heavy atom. The number of nitrogens with one attached hydrogen (secondary N) is 2. The quantitative estimate of drug-likeness (QED) is 0.700. The summed E-state index contributed by atoms with van der Waals surface area (Å²) in [4.78, 5) is 28.2. The molecular formula is C18H20N6O2. The standard InChI is InChI=1S/C18H20N6O2/c1-13-8-16(23(2)22-13)18(26)20-10-17(25)21-15-5-3-4-14(9-15)11-24-7-6-19-12-24/h3-9,12H,10-11H2,1-2H3,(H,20,26)(H,21,25). The number of rotatable bonds is 6. The van der Waals surface area contributed by atoms with E-state index in [4.69, 9.17) is 0 Å². The van der Waals surface area contributed by atoms with Crippen molar-refractivity contribution in [3.63, 3.8) is 0 Å². The first-order chi connectivity index (χ1) is 12.5. The van der Waals surface area contributed by atoms with Gasteiger partial charge in [-0.15, -0.1) is 0 Å². The molecule has 2 amide bonds. The zero-order valence-electron chi connectivity index (χ0n) is 14.6. The molecule has 3 aromatic rings. The highest BCUT2D eigenvalue weighted by Crippen LogP contribution is 2.12. The number of carbonyl (C=O) groups is 2. The van der Waals surface area contributed by atoms with Gasteiger partial charge in [0.15, 0.2) is 0 Å². The molecule has 0 saturated carbocycles. The lowest BCUT2D eigenvalue weighted by atomic mass is 10.2. The minimum atomic E-state index is -0.336. The molecule has 0 unspecified atom stereocenters. The molecule has 8 nitrogen and oxygen atoms in total. The molecule has 0 aliphatic carbocycles. The first kappa shape index (κ1) is 17.4. The molecule has 134 valence electrons. The van der Waals surface area contributed by atoms with Gasteiger partial charge in [-0.3, -0.25) is 14.3 Å². The fourth-order valence-corrected chi connectivity index (χ4v) is 2.62. The molecule has 0 fully saturated rings. The van der Waals surface area contributed by atoms with Crippen LogP contribution in [0.2, 0.25) is 0 Å². The van der Waals surface area contributed by atoms with Gasteiger partial charge in [0.05, 0.1) is 18.6 Å². The van der Waals surface area contributed by atoms with E-state index >= 15 is 0 Å². The number of hydrogen-bond acceptors (Lipinski definition) is 4. The zero-order valence-corrected chi connectivity index (χ0v) is 14.6. The van der Waals surface area contributed by atoms with Crippen LogP contribution in [0.4, 0.5) is 5.69 Å². The van der Waals surface area contributed by atoms with E-state index in [1.165, 1.54) is 4.68 Å². The maximum atomic E-state index is 12.1. The van der Waals surface area contributed by atoms with Crippen LogP contribution in [0.1, 0.15) is 21.7 Å². The van der Waals surface area contributed by atoms with Crippen molar-refractivity contribution in [2.45, 2.75) is 13.5 Å². The lowest BCUT2D eigenvalue weighted by Gasteiger charge is -2.09. The lowest BCUT2D eigenvalue weighted by molar-refractivity contribution is -0.115. The molecule has 26 heavy (non-hydrogen) atoms. The molecule has 2 aromatic heterocycles. The molecule has 2 N–H and O–H groups in total. The molecule has 0 aliphatic rings. The van der Waals surface area contributed by atoms with Gasteiger partial charge < -0.3 is 15.2 Å². The van der Waals surface area contributed by atoms with Gasteiger partial charge in [-0.2, -0.15) is 5.10 Å². The normalized spacial score (nSPS) is 10.5. The molecule has 0 saturated heterocycles. The molecule has 3 rings (SSSR count). The number of benzene rings is 1. The average Bonchev–Trinajstić information content (AvgIpc) is 3.22. The van der Waals surface area contributed by atoms with Crippen LogP contribution >= 0.6 is 0 Å². The van der Waals surface area contributed by atoms with Crippen molar-refractivity contribution < 1.29 is 9.59 Å². The van der Waals surface area contributed by atoms with Crippen molar-refractivity contribution >= 4 is 17.5 Å². The molecule has 0 radical (unpaired) electrons. The van der Waals surface area contributed by atoms with Gasteiger partial charge in [0, 0.05) is 31.7 Å². The summed E-state index contributed by atoms with van der Waals surface area (Å²) in [5.74, 6) is -0.630. The Balaban J connectivity index is 1.55. The van der Waals surface area contributed by atoms with Gasteiger partial charge in [-0.1, -0.05) is 12.1 Å². The van der Waals surface area contributed by atoms with Gasteiger partial charge in [0.2, 0.25) is 5.91 Å². The second kappa shape index (κ2) is 7.64. The Bertz CT molecular complexity index is 914. The summed E-state index contributed by atoms with van der Waals surface area (Å²) in [6.45, 7) is 2.36. The van der Waals surface area contributed by atoms with Crippen molar-refractivity contribution in [1.82, 2.24) is 24.6 Å². The molecular weight excluding hydrogens is 332 g/mol. The number of anilines is 1. The van der Waals surface area contributed by atoms with Crippen LogP contribution in [0, 0.1) is 6.92 Å². The SMILES string of the molecule is Cc1cc(C(=O)NCC(=O)Nc2cccc(Cn3ccnc3)c2)n(C)n1. The largest absolute Gasteiger partial charge is 0.342 e. The topological polar surface area (TPSA) is 93.8 Å². The van der Waals surface area contributed by atoms with Crippen LogP contribution in [-0.4, -0.2) is 37.7 Å². The first-order valence-electron chi connectivity index (χ1n) is 8.14. The van der Waals surface area contributed by atoms with E-state index in [9.17, 15) is 9.59 Å². The Morgan fingerprint density at radius 2 is 2.08 bits per heavy atom. The van der Waals surface area contributed by atoms with Crippen LogP contribution in [0.5, 0.6) is 0 Å². The summed E-state index contributed by atoms with van der Waals surface area (Å²) in [6.07, 6.45) is 5.33. The fourth-order valence-electron chi connectivity index (χ4n) is 2.62. The molecule has 0 atom stereocenters. The van der Waals surface area contributed by atoms with E-state index in [1.807, 2.05) is 35.0 Å². The molecule has 0 spiro atoms. The summed E-state index contributed by atoms with van der Waals surface area (Å²) in [5.41, 5.74) is 2.88. The molecule has 8 heteroatoms. The minimum absolute atomic E-state index is 0.116. The van der Waals surface area contributed by atoms with Crippen molar-refractivity contribution in [1.29, 1.82) is 0 Å². The lowest BCUT2D eigenvalue weighted by Crippen LogP contribution is -2.33. The minimum Gasteiger partial charge on any atom is -0.342 e. The molecule has 2 heterocycles. The average molecular weight is 352 g/mol. The van der Waals surface area contributed by atoms with Crippen LogP contribution in [0.3, 0.4) is 0 Å². The van der Waals surface area contributed by atoms with E-state index in [-0.39, 0.29) is 18.4 Å². The summed E-state index contributed by atoms with van der Waals surface area (Å²) < 4.78 is 3.43. The van der Waals surface area contributed by atoms with E-state index in [0.29, 0.717) is 17.9 Å². The highest BCUT2D eigenvalue weighted by molar-refractivity contribution is 5.98. The summed E-state index contributed by atoms with van der Waals surface area (Å²) >= 11 is 0. The second-order valence-corrected chi connectivity index (χ2v) is 5.96. The van der Waals surface area contributed by atoms with Gasteiger partial charge in [-0.25, -0.2) is 4.98 Å². The number of aromatic nitrogens is 4. The van der Waals surface area contributed by atoms with Crippen molar-refractivity contribution in [3.8, 4) is 0 Å². The number of imidazole rings is 1. The second-order valence-electron chi connectivity index (χ2n) is 5.96. The van der Waals surface area contributed by atoms with Crippen molar-refractivity contribution in [2.24, 2.45) is 7.05 Å². The third kappa shape index (κ3) is 4.35. The maximum Gasteiger partial charge on any atom is 0.269 e. The van der Waals surface area contributed by atoms with Gasteiger partial charge in [-0.05, 0) is 30.7 Å². The first-order valence-corrected chi connectivity index (χ1v) is 8.14. The smallest absolute Gasteiger partial charge is 0.269 e. The van der Waals surface area contributed by atoms with Crippen LogP contribution in [-0.2, 0) is 18.4 Å². The third-order valence-corrected chi connectivity index (χ3v) is 3.78.